The van der Waals surface area contributed by atoms with Crippen LogP contribution in [-0.2, 0) is 0 Å². The lowest BCUT2D eigenvalue weighted by molar-refractivity contribution is 0.206. The second-order valence-electron chi connectivity index (χ2n) is 4.46. The predicted octanol–water partition coefficient (Wildman–Crippen LogP) is 1.96. The van der Waals surface area contributed by atoms with E-state index < -0.39 is 0 Å². The number of nitrogens with two attached hydrogens (primary N) is 1. The van der Waals surface area contributed by atoms with Crippen molar-refractivity contribution in [3.63, 3.8) is 0 Å². The Kier molecular flexibility index (Phi) is 4.31. The van der Waals surface area contributed by atoms with Crippen molar-refractivity contribution in [1.29, 1.82) is 0 Å². The van der Waals surface area contributed by atoms with E-state index in [0.29, 0.717) is 12.6 Å². The first-order chi connectivity index (χ1) is 7.92. The zero-order chi connectivity index (χ0) is 11.2. The molecule has 0 saturated carbocycles. The Bertz CT molecular complexity index is 291. The summed E-state index contributed by atoms with van der Waals surface area (Å²) >= 11 is 0. The summed E-state index contributed by atoms with van der Waals surface area (Å²) < 4.78 is 0. The van der Waals surface area contributed by atoms with Gasteiger partial charge in [-0.2, -0.15) is 0 Å². The maximum absolute atomic E-state index is 5.90. The van der Waals surface area contributed by atoms with Crippen LogP contribution in [0, 0.1) is 0 Å². The van der Waals surface area contributed by atoms with Gasteiger partial charge in [0.2, 0.25) is 0 Å². The third kappa shape index (κ3) is 2.80. The van der Waals surface area contributed by atoms with Gasteiger partial charge in [-0.1, -0.05) is 18.9 Å². The molecule has 1 fully saturated rings. The first-order valence-electron chi connectivity index (χ1n) is 6.27. The summed E-state index contributed by atoms with van der Waals surface area (Å²) in [6.07, 6.45) is 7.16. The molecule has 2 heterocycles. The smallest absolute Gasteiger partial charge is 0.0644 e. The standard InChI is InChI=1S/C13H21N3/c14-11-13(12-7-3-4-8-15-12)16-9-5-1-2-6-10-16/h3-4,7-8,13H,1-2,5-6,9-11,14H2/t13-/m0/s1. The molecule has 88 valence electrons. The maximum Gasteiger partial charge on any atom is 0.0644 e. The lowest BCUT2D eigenvalue weighted by Crippen LogP contribution is -2.35. The molecule has 0 aliphatic carbocycles. The summed E-state index contributed by atoms with van der Waals surface area (Å²) in [6, 6.07) is 6.39. The number of rotatable bonds is 3. The summed E-state index contributed by atoms with van der Waals surface area (Å²) in [5, 5.41) is 0. The zero-order valence-corrected chi connectivity index (χ0v) is 9.81. The maximum atomic E-state index is 5.90. The van der Waals surface area contributed by atoms with Crippen LogP contribution >= 0.6 is 0 Å². The van der Waals surface area contributed by atoms with E-state index in [0.717, 1.165) is 5.69 Å². The number of nitrogens with zero attached hydrogens (tertiary/aromatic N) is 2. The Morgan fingerprint density at radius 1 is 1.19 bits per heavy atom. The minimum absolute atomic E-state index is 0.305. The van der Waals surface area contributed by atoms with Crippen molar-refractivity contribution in [2.75, 3.05) is 19.6 Å². The van der Waals surface area contributed by atoms with E-state index in [2.05, 4.69) is 16.0 Å². The summed E-state index contributed by atoms with van der Waals surface area (Å²) in [4.78, 5) is 6.93. The fraction of sp³-hybridized carbons (Fsp3) is 0.615. The molecule has 0 amide bonds. The molecule has 0 radical (unpaired) electrons. The van der Waals surface area contributed by atoms with Crippen LogP contribution in [0.15, 0.2) is 24.4 Å². The minimum atomic E-state index is 0.305. The van der Waals surface area contributed by atoms with Crippen LogP contribution in [0.3, 0.4) is 0 Å². The van der Waals surface area contributed by atoms with E-state index in [1.54, 1.807) is 0 Å². The normalized spacial score (nSPS) is 20.3. The summed E-state index contributed by atoms with van der Waals surface area (Å²) in [7, 11) is 0. The Morgan fingerprint density at radius 2 is 1.94 bits per heavy atom. The summed E-state index contributed by atoms with van der Waals surface area (Å²) in [6.45, 7) is 2.99. The highest BCUT2D eigenvalue weighted by molar-refractivity contribution is 5.09. The molecule has 0 unspecified atom stereocenters. The Morgan fingerprint density at radius 3 is 2.50 bits per heavy atom. The molecule has 1 atom stereocenters. The van der Waals surface area contributed by atoms with Gasteiger partial charge in [-0.25, -0.2) is 0 Å². The Balaban J connectivity index is 2.09. The number of aromatic nitrogens is 1. The molecule has 0 aromatic carbocycles. The van der Waals surface area contributed by atoms with Crippen molar-refractivity contribution in [2.45, 2.75) is 31.7 Å². The molecule has 1 saturated heterocycles. The highest BCUT2D eigenvalue weighted by atomic mass is 15.2. The largest absolute Gasteiger partial charge is 0.329 e. The zero-order valence-electron chi connectivity index (χ0n) is 9.81. The van der Waals surface area contributed by atoms with E-state index in [-0.39, 0.29) is 0 Å². The van der Waals surface area contributed by atoms with E-state index in [9.17, 15) is 0 Å². The van der Waals surface area contributed by atoms with Crippen molar-refractivity contribution >= 4 is 0 Å². The Hall–Kier alpha value is -0.930. The van der Waals surface area contributed by atoms with Crippen molar-refractivity contribution < 1.29 is 0 Å². The molecule has 16 heavy (non-hydrogen) atoms. The van der Waals surface area contributed by atoms with Gasteiger partial charge >= 0.3 is 0 Å². The number of hydrogen-bond acceptors (Lipinski definition) is 3. The SMILES string of the molecule is NC[C@@H](c1ccccn1)N1CCCCCC1. The molecule has 1 aliphatic rings. The molecular formula is C13H21N3. The van der Waals surface area contributed by atoms with Gasteiger partial charge in [-0.15, -0.1) is 0 Å². The van der Waals surface area contributed by atoms with E-state index in [1.807, 2.05) is 18.3 Å². The highest BCUT2D eigenvalue weighted by Crippen LogP contribution is 2.21. The highest BCUT2D eigenvalue weighted by Gasteiger charge is 2.20. The molecular weight excluding hydrogens is 198 g/mol. The van der Waals surface area contributed by atoms with Crippen molar-refractivity contribution in [2.24, 2.45) is 5.73 Å². The van der Waals surface area contributed by atoms with Gasteiger partial charge in [0.1, 0.15) is 0 Å². The van der Waals surface area contributed by atoms with Crippen molar-refractivity contribution in [3.05, 3.63) is 30.1 Å². The second-order valence-corrected chi connectivity index (χ2v) is 4.46. The van der Waals surface area contributed by atoms with Gasteiger partial charge in [0.05, 0.1) is 11.7 Å². The first kappa shape index (κ1) is 11.6. The predicted molar refractivity (Wildman–Crippen MR) is 66.1 cm³/mol. The summed E-state index contributed by atoms with van der Waals surface area (Å²) in [5.74, 6) is 0. The van der Waals surface area contributed by atoms with Gasteiger partial charge in [-0.3, -0.25) is 9.88 Å². The third-order valence-electron chi connectivity index (χ3n) is 3.33. The Labute approximate surface area is 97.7 Å². The molecule has 3 nitrogen and oxygen atoms in total. The van der Waals surface area contributed by atoms with E-state index >= 15 is 0 Å². The van der Waals surface area contributed by atoms with Crippen LogP contribution < -0.4 is 5.73 Å². The molecule has 0 bridgehead atoms. The summed E-state index contributed by atoms with van der Waals surface area (Å²) in [5.41, 5.74) is 7.02. The van der Waals surface area contributed by atoms with Gasteiger partial charge < -0.3 is 5.73 Å². The van der Waals surface area contributed by atoms with Crippen LogP contribution in [0.5, 0.6) is 0 Å². The average Bonchev–Trinajstić information content (AvgIpc) is 2.61. The van der Waals surface area contributed by atoms with Crippen LogP contribution in [0.2, 0.25) is 0 Å². The quantitative estimate of drug-likeness (QED) is 0.845. The molecule has 2 N–H and O–H groups in total. The van der Waals surface area contributed by atoms with Crippen molar-refractivity contribution in [3.8, 4) is 0 Å². The lowest BCUT2D eigenvalue weighted by atomic mass is 10.1. The third-order valence-corrected chi connectivity index (χ3v) is 3.33. The lowest BCUT2D eigenvalue weighted by Gasteiger charge is -2.29. The first-order valence-corrected chi connectivity index (χ1v) is 6.27. The van der Waals surface area contributed by atoms with Gasteiger partial charge in [0.25, 0.3) is 0 Å². The van der Waals surface area contributed by atoms with Crippen LogP contribution in [-0.4, -0.2) is 29.5 Å². The molecule has 3 heteroatoms. The number of hydrogen-bond donors (Lipinski definition) is 1. The van der Waals surface area contributed by atoms with E-state index in [1.165, 1.54) is 38.8 Å². The van der Waals surface area contributed by atoms with Gasteiger partial charge in [0, 0.05) is 12.7 Å². The molecule has 0 spiro atoms. The monoisotopic (exact) mass is 219 g/mol. The number of pyridine rings is 1. The minimum Gasteiger partial charge on any atom is -0.329 e. The molecule has 1 aliphatic heterocycles. The van der Waals surface area contributed by atoms with Gasteiger partial charge in [-0.05, 0) is 38.1 Å². The topological polar surface area (TPSA) is 42.1 Å². The van der Waals surface area contributed by atoms with Crippen molar-refractivity contribution in [1.82, 2.24) is 9.88 Å². The molecule has 1 aromatic rings. The van der Waals surface area contributed by atoms with Crippen LogP contribution in [0.1, 0.15) is 37.4 Å². The number of likely N-dealkylation sites (tertiary alicyclic amines) is 1. The average molecular weight is 219 g/mol. The fourth-order valence-corrected chi connectivity index (χ4v) is 2.44. The van der Waals surface area contributed by atoms with Crippen LogP contribution in [0.25, 0.3) is 0 Å². The van der Waals surface area contributed by atoms with Gasteiger partial charge in [0.15, 0.2) is 0 Å². The van der Waals surface area contributed by atoms with E-state index in [4.69, 9.17) is 5.73 Å². The van der Waals surface area contributed by atoms with Crippen LogP contribution in [0.4, 0.5) is 0 Å². The second kappa shape index (κ2) is 5.97. The molecule has 1 aromatic heterocycles. The molecule has 2 rings (SSSR count). The fourth-order valence-electron chi connectivity index (χ4n) is 2.44.